The Morgan fingerprint density at radius 3 is 2.88 bits per heavy atom. The maximum Gasteiger partial charge on any atom is 0.510 e. The molecule has 0 radical (unpaired) electrons. The van der Waals surface area contributed by atoms with Crippen LogP contribution >= 0.6 is 0 Å². The number of nitrogens with zero attached hydrogens (tertiary/aromatic N) is 4. The number of ether oxygens (including phenoxy) is 3. The van der Waals surface area contributed by atoms with Gasteiger partial charge in [-0.25, -0.2) is 14.3 Å². The Bertz CT molecular complexity index is 877. The van der Waals surface area contributed by atoms with Crippen molar-refractivity contribution >= 4 is 17.5 Å². The molecule has 11 heteroatoms. The van der Waals surface area contributed by atoms with Gasteiger partial charge in [-0.2, -0.15) is 10.4 Å². The van der Waals surface area contributed by atoms with Crippen molar-refractivity contribution in [3.63, 3.8) is 0 Å². The highest BCUT2D eigenvalue weighted by Crippen LogP contribution is 2.40. The van der Waals surface area contributed by atoms with E-state index in [1.165, 1.54) is 23.0 Å². The summed E-state index contributed by atoms with van der Waals surface area (Å²) in [5.41, 5.74) is 4.19. The normalized spacial score (nSPS) is 28.2. The SMILES string of the molecule is CC(C)OC(=O)O[C@H]1O[C@@](C#N)(c2ccc3c(N)ncnn23)[C@H](O)[C@@H]1O. The molecule has 3 rings (SSSR count). The molecule has 1 saturated heterocycles. The van der Waals surface area contributed by atoms with E-state index in [-0.39, 0.29) is 11.5 Å². The number of aliphatic hydroxyl groups excluding tert-OH is 2. The molecule has 0 aliphatic carbocycles. The van der Waals surface area contributed by atoms with Gasteiger partial charge in [-0.3, -0.25) is 0 Å². The van der Waals surface area contributed by atoms with Crippen molar-refractivity contribution in [2.75, 3.05) is 5.73 Å². The number of hydrogen-bond donors (Lipinski definition) is 3. The molecule has 11 nitrogen and oxygen atoms in total. The van der Waals surface area contributed by atoms with Crippen LogP contribution in [0.5, 0.6) is 0 Å². The van der Waals surface area contributed by atoms with E-state index in [1.807, 2.05) is 6.07 Å². The number of hydrogen-bond acceptors (Lipinski definition) is 10. The smallest absolute Gasteiger partial charge is 0.432 e. The van der Waals surface area contributed by atoms with E-state index in [4.69, 9.17) is 19.9 Å². The first-order valence-corrected chi connectivity index (χ1v) is 7.71. The highest BCUT2D eigenvalue weighted by Gasteiger charge is 2.59. The van der Waals surface area contributed by atoms with Crippen molar-refractivity contribution in [1.82, 2.24) is 14.6 Å². The summed E-state index contributed by atoms with van der Waals surface area (Å²) in [4.78, 5) is 15.5. The molecule has 0 saturated carbocycles. The van der Waals surface area contributed by atoms with E-state index in [2.05, 4.69) is 10.1 Å². The van der Waals surface area contributed by atoms with E-state index < -0.39 is 36.4 Å². The largest absolute Gasteiger partial charge is 0.510 e. The zero-order valence-corrected chi connectivity index (χ0v) is 13.9. The van der Waals surface area contributed by atoms with Crippen LogP contribution < -0.4 is 5.73 Å². The number of aliphatic hydroxyl groups is 2. The Morgan fingerprint density at radius 1 is 1.50 bits per heavy atom. The van der Waals surface area contributed by atoms with Gasteiger partial charge in [-0.05, 0) is 26.0 Å². The predicted octanol–water partition coefficient (Wildman–Crippen LogP) is -0.330. The van der Waals surface area contributed by atoms with Gasteiger partial charge in [0.2, 0.25) is 11.9 Å². The van der Waals surface area contributed by atoms with Crippen molar-refractivity contribution in [3.05, 3.63) is 24.2 Å². The first-order valence-electron chi connectivity index (χ1n) is 7.71. The number of nitrogens with two attached hydrogens (primary N) is 1. The standard InChI is InChI=1S/C15H17N5O6/c1-7(2)24-14(23)25-13-10(21)11(22)15(5-16,26-13)9-4-3-8-12(17)18-6-19-20(8)9/h3-4,6-7,10-11,13,21-22H,1-2H3,(H2,17,18,19)/t10-,11+,13-,15-/m0/s1. The Hall–Kier alpha value is -2.94. The third-order valence-electron chi connectivity index (χ3n) is 3.89. The molecular weight excluding hydrogens is 346 g/mol. The Kier molecular flexibility index (Phi) is 4.41. The van der Waals surface area contributed by atoms with Gasteiger partial charge >= 0.3 is 6.16 Å². The molecule has 4 N–H and O–H groups in total. The van der Waals surface area contributed by atoms with E-state index in [1.54, 1.807) is 13.8 Å². The topological polar surface area (TPSA) is 165 Å². The van der Waals surface area contributed by atoms with Gasteiger partial charge in [0.05, 0.1) is 11.8 Å². The van der Waals surface area contributed by atoms with Crippen LogP contribution in [-0.4, -0.2) is 55.6 Å². The van der Waals surface area contributed by atoms with Crippen molar-refractivity contribution in [1.29, 1.82) is 5.26 Å². The molecule has 2 aromatic heterocycles. The number of carbonyl (C=O) groups is 1. The van der Waals surface area contributed by atoms with Crippen molar-refractivity contribution in [2.24, 2.45) is 0 Å². The van der Waals surface area contributed by atoms with E-state index in [9.17, 15) is 20.3 Å². The fourth-order valence-corrected chi connectivity index (χ4v) is 2.72. The lowest BCUT2D eigenvalue weighted by Crippen LogP contribution is -2.41. The van der Waals surface area contributed by atoms with Crippen molar-refractivity contribution < 1.29 is 29.2 Å². The summed E-state index contributed by atoms with van der Waals surface area (Å²) >= 11 is 0. The van der Waals surface area contributed by atoms with E-state index in [0.29, 0.717) is 5.52 Å². The lowest BCUT2D eigenvalue weighted by molar-refractivity contribution is -0.164. The summed E-state index contributed by atoms with van der Waals surface area (Å²) in [6.07, 6.45) is -5.40. The predicted molar refractivity (Wildman–Crippen MR) is 84.3 cm³/mol. The Labute approximate surface area is 147 Å². The summed E-state index contributed by atoms with van der Waals surface area (Å²) in [5.74, 6) is 0.153. The minimum atomic E-state index is -2.05. The zero-order chi connectivity index (χ0) is 19.1. The first-order chi connectivity index (χ1) is 12.3. The molecule has 0 aromatic carbocycles. The summed E-state index contributed by atoms with van der Waals surface area (Å²) in [7, 11) is 0. The number of rotatable bonds is 3. The quantitative estimate of drug-likeness (QED) is 0.615. The molecule has 1 aliphatic heterocycles. The molecule has 0 bridgehead atoms. The van der Waals surface area contributed by atoms with Crippen LogP contribution in [0.4, 0.5) is 10.6 Å². The summed E-state index contributed by atoms with van der Waals surface area (Å²) < 4.78 is 16.4. The molecule has 3 heterocycles. The second kappa shape index (κ2) is 6.41. The lowest BCUT2D eigenvalue weighted by atomic mass is 9.93. The van der Waals surface area contributed by atoms with Gasteiger partial charge in [-0.15, -0.1) is 0 Å². The highest BCUT2D eigenvalue weighted by molar-refractivity contribution is 5.66. The molecule has 0 amide bonds. The van der Waals surface area contributed by atoms with Gasteiger partial charge < -0.3 is 30.2 Å². The van der Waals surface area contributed by atoms with Crippen LogP contribution in [0.2, 0.25) is 0 Å². The van der Waals surface area contributed by atoms with Crippen LogP contribution in [0.1, 0.15) is 19.5 Å². The third kappa shape index (κ3) is 2.70. The molecule has 1 fully saturated rings. The fourth-order valence-electron chi connectivity index (χ4n) is 2.72. The number of nitrogen functional groups attached to an aromatic ring is 1. The minimum Gasteiger partial charge on any atom is -0.432 e. The van der Waals surface area contributed by atoms with Crippen molar-refractivity contribution in [3.8, 4) is 6.07 Å². The van der Waals surface area contributed by atoms with Crippen LogP contribution in [0, 0.1) is 11.3 Å². The second-order valence-electron chi connectivity index (χ2n) is 5.96. The number of carbonyl (C=O) groups excluding carboxylic acids is 1. The molecular formula is C15H17N5O6. The van der Waals surface area contributed by atoms with Gasteiger partial charge in [0.1, 0.15) is 30.1 Å². The van der Waals surface area contributed by atoms with Gasteiger partial charge in [0.15, 0.2) is 5.82 Å². The first kappa shape index (κ1) is 17.9. The molecule has 0 spiro atoms. The van der Waals surface area contributed by atoms with E-state index >= 15 is 0 Å². The fraction of sp³-hybridized carbons (Fsp3) is 0.467. The van der Waals surface area contributed by atoms with Crippen LogP contribution in [-0.2, 0) is 19.8 Å². The maximum atomic E-state index is 11.7. The number of aromatic nitrogens is 3. The molecule has 0 unspecified atom stereocenters. The minimum absolute atomic E-state index is 0.0963. The number of anilines is 1. The summed E-state index contributed by atoms with van der Waals surface area (Å²) in [6, 6.07) is 4.82. The van der Waals surface area contributed by atoms with Crippen molar-refractivity contribution in [2.45, 2.75) is 44.1 Å². The number of fused-ring (bicyclic) bond motifs is 1. The molecule has 1 aliphatic rings. The van der Waals surface area contributed by atoms with Gasteiger partial charge in [-0.1, -0.05) is 0 Å². The van der Waals surface area contributed by atoms with Crippen LogP contribution in [0.25, 0.3) is 5.52 Å². The Balaban J connectivity index is 1.97. The highest BCUT2D eigenvalue weighted by atomic mass is 16.8. The molecule has 26 heavy (non-hydrogen) atoms. The molecule has 4 atom stereocenters. The maximum absolute atomic E-state index is 11.7. The summed E-state index contributed by atoms with van der Waals surface area (Å²) in [5, 5.41) is 34.4. The zero-order valence-electron chi connectivity index (χ0n) is 13.9. The second-order valence-corrected chi connectivity index (χ2v) is 5.96. The monoisotopic (exact) mass is 363 g/mol. The average Bonchev–Trinajstić information content (AvgIpc) is 3.11. The third-order valence-corrected chi connectivity index (χ3v) is 3.89. The van der Waals surface area contributed by atoms with Gasteiger partial charge in [0, 0.05) is 0 Å². The van der Waals surface area contributed by atoms with E-state index in [0.717, 1.165) is 0 Å². The molecule has 138 valence electrons. The van der Waals surface area contributed by atoms with Gasteiger partial charge in [0.25, 0.3) is 0 Å². The molecule has 2 aromatic rings. The van der Waals surface area contributed by atoms with Crippen LogP contribution in [0.3, 0.4) is 0 Å². The number of nitriles is 1. The lowest BCUT2D eigenvalue weighted by Gasteiger charge is -2.23. The summed E-state index contributed by atoms with van der Waals surface area (Å²) in [6.45, 7) is 3.22. The Morgan fingerprint density at radius 2 is 2.23 bits per heavy atom. The average molecular weight is 363 g/mol. The van der Waals surface area contributed by atoms with Crippen LogP contribution in [0.15, 0.2) is 18.5 Å².